The average Bonchev–Trinajstić information content (AvgIpc) is 3.88. The zero-order valence-corrected chi connectivity index (χ0v) is 40.1. The van der Waals surface area contributed by atoms with E-state index in [4.69, 9.17) is 3.25 Å². The Labute approximate surface area is 400 Å². The van der Waals surface area contributed by atoms with Crippen LogP contribution in [0.3, 0.4) is 0 Å². The van der Waals surface area contributed by atoms with Crippen LogP contribution in [-0.2, 0) is 98.1 Å². The number of benzene rings is 3. The third-order valence-electron chi connectivity index (χ3n) is 7.46. The zero-order chi connectivity index (χ0) is 36.9. The van der Waals surface area contributed by atoms with Crippen molar-refractivity contribution in [1.82, 2.24) is 39.0 Å². The van der Waals surface area contributed by atoms with Gasteiger partial charge in [0.1, 0.15) is 35.4 Å². The number of halogens is 2. The molecule has 0 saturated carbocycles. The Morgan fingerprint density at radius 2 is 1.22 bits per heavy atom. The molecule has 0 fully saturated rings. The molecule has 0 spiro atoms. The topological polar surface area (TPSA) is 119 Å². The number of anilines is 3. The second-order valence-corrected chi connectivity index (χ2v) is 10.7. The third kappa shape index (κ3) is 12.0. The molecule has 0 aliphatic carbocycles. The van der Waals surface area contributed by atoms with Crippen molar-refractivity contribution < 1.29 is 117 Å². The Hall–Kier alpha value is -2.43. The summed E-state index contributed by atoms with van der Waals surface area (Å²) in [6, 6.07) is 31.1. The molecule has 299 valence electrons. The summed E-state index contributed by atoms with van der Waals surface area (Å²) >= 11 is 6.58. The molecule has 19 heteroatoms. The molecule has 0 amide bonds. The van der Waals surface area contributed by atoms with Crippen LogP contribution in [0.15, 0.2) is 128 Å². The fourth-order valence-corrected chi connectivity index (χ4v) is 5.26. The molecule has 0 atom stereocenters. The van der Waals surface area contributed by atoms with E-state index in [9.17, 15) is 0 Å². The van der Waals surface area contributed by atoms with E-state index in [0.717, 1.165) is 51.3 Å². The van der Waals surface area contributed by atoms with Crippen LogP contribution < -0.4 is 42.9 Å². The molecule has 0 N–H and O–H groups in total. The number of hydrogen-bond donors (Lipinski definition) is 0. The van der Waals surface area contributed by atoms with E-state index in [1.165, 1.54) is 0 Å². The number of fused-ring (bicyclic) bond motifs is 3. The van der Waals surface area contributed by atoms with Gasteiger partial charge in [0.2, 0.25) is 5.65 Å². The van der Waals surface area contributed by atoms with Gasteiger partial charge >= 0.3 is 66.2 Å². The molecular formula is C36H31Ag3I2IrN12O-2. The SMILES string of the molecule is CN1[CH-]N(c2[c-]cccc2)c2nccnc21.C[n+]1[c-]n(-c2ccccc2)c2nccnc21.C[n+]1cn(-c2ccccc2)c2nccnc21.[Ag].[Ag][I].[I-].[Ir].[O]=[Ag]. The van der Waals surface area contributed by atoms with Crippen LogP contribution in [0.2, 0.25) is 0 Å². The summed E-state index contributed by atoms with van der Waals surface area (Å²) in [5.74, 6) is 1.70. The van der Waals surface area contributed by atoms with Gasteiger partial charge in [-0.2, -0.15) is 35.3 Å². The van der Waals surface area contributed by atoms with Gasteiger partial charge in [0.15, 0.2) is 12.7 Å². The number of aryl methyl sites for hydroxylation is 2. The van der Waals surface area contributed by atoms with Crippen molar-refractivity contribution in [3.05, 3.63) is 147 Å². The summed E-state index contributed by atoms with van der Waals surface area (Å²) in [5, 5.41) is 0. The molecular weight excluding hydrogens is 1390 g/mol. The summed E-state index contributed by atoms with van der Waals surface area (Å²) in [4.78, 5) is 29.8. The molecule has 8 aromatic rings. The van der Waals surface area contributed by atoms with Gasteiger partial charge in [0.25, 0.3) is 5.65 Å². The summed E-state index contributed by atoms with van der Waals surface area (Å²) in [5.41, 5.74) is 6.49. The Morgan fingerprint density at radius 1 is 0.691 bits per heavy atom. The minimum atomic E-state index is 0. The Morgan fingerprint density at radius 3 is 1.84 bits per heavy atom. The summed E-state index contributed by atoms with van der Waals surface area (Å²) in [7, 11) is 5.84. The van der Waals surface area contributed by atoms with Gasteiger partial charge in [-0.3, -0.25) is 4.98 Å². The third-order valence-corrected chi connectivity index (χ3v) is 7.46. The van der Waals surface area contributed by atoms with Crippen LogP contribution in [-0.4, -0.2) is 46.1 Å². The van der Waals surface area contributed by atoms with Crippen LogP contribution in [0.4, 0.5) is 17.3 Å². The van der Waals surface area contributed by atoms with Gasteiger partial charge < -0.3 is 42.9 Å². The molecule has 3 aromatic carbocycles. The van der Waals surface area contributed by atoms with Crippen LogP contribution in [0, 0.1) is 19.1 Å². The number of aromatic nitrogens is 10. The number of para-hydroxylation sites is 3. The van der Waals surface area contributed by atoms with Crippen molar-refractivity contribution in [2.75, 3.05) is 16.8 Å². The zero-order valence-electron chi connectivity index (χ0n) is 29.0. The van der Waals surface area contributed by atoms with Crippen molar-refractivity contribution in [2.24, 2.45) is 14.1 Å². The first-order valence-electron chi connectivity index (χ1n) is 15.4. The number of nitrogens with zero attached hydrogens (tertiary/aromatic N) is 12. The molecule has 5 aromatic heterocycles. The van der Waals surface area contributed by atoms with Crippen molar-refractivity contribution in [1.29, 1.82) is 0 Å². The number of rotatable bonds is 3. The van der Waals surface area contributed by atoms with Crippen LogP contribution >= 0.6 is 19.0 Å². The van der Waals surface area contributed by atoms with Gasteiger partial charge in [0, 0.05) is 67.6 Å². The Bertz CT molecular complexity index is 2210. The van der Waals surface area contributed by atoms with Gasteiger partial charge in [-0.25, -0.2) is 24.1 Å². The molecule has 55 heavy (non-hydrogen) atoms. The van der Waals surface area contributed by atoms with Crippen molar-refractivity contribution in [3.63, 3.8) is 0 Å². The molecule has 0 bridgehead atoms. The molecule has 0 unspecified atom stereocenters. The first kappa shape index (κ1) is 48.7. The van der Waals surface area contributed by atoms with E-state index in [2.05, 4.69) is 59.5 Å². The van der Waals surface area contributed by atoms with Crippen LogP contribution in [0.5, 0.6) is 0 Å². The minimum absolute atomic E-state index is 0. The Kier molecular flexibility index (Phi) is 22.2. The molecule has 2 radical (unpaired) electrons. The number of imidazole rings is 2. The van der Waals surface area contributed by atoms with E-state index in [1.807, 2.05) is 166 Å². The first-order chi connectivity index (χ1) is 25.6. The van der Waals surface area contributed by atoms with Crippen molar-refractivity contribution in [3.8, 4) is 11.4 Å². The average molecular weight is 1420 g/mol. The van der Waals surface area contributed by atoms with Gasteiger partial charge in [-0.15, -0.1) is 17.3 Å². The van der Waals surface area contributed by atoms with Gasteiger partial charge in [0.05, 0.1) is 19.4 Å². The predicted molar refractivity (Wildman–Crippen MR) is 196 cm³/mol. The van der Waals surface area contributed by atoms with Crippen LogP contribution in [0.25, 0.3) is 34.0 Å². The Balaban J connectivity index is 0.000000266. The van der Waals surface area contributed by atoms with Crippen LogP contribution in [0.1, 0.15) is 0 Å². The summed E-state index contributed by atoms with van der Waals surface area (Å²) < 4.78 is 15.8. The standard InChI is InChI=1S/C12H11N4.2C12H10N4.3Ag.2HI.Ir.O/c3*1-15-9-16(10-5-3-2-4-6-10)12-11(15)13-7-8-14-12;;;;;;;/h2-9H,1H3;2-5,7-9H,1H3;2-8H,1H3;;;;2*1H;;/q+1;-2;;;;+1;;;;/p-2. The number of hydrogen-bond acceptors (Lipinski definition) is 9. The van der Waals surface area contributed by atoms with E-state index < -0.39 is 0 Å². The maximum absolute atomic E-state index is 8.06. The maximum atomic E-state index is 8.06. The fraction of sp³-hybridized carbons (Fsp3) is 0.0833. The monoisotopic (exact) mass is 1410 g/mol. The van der Waals surface area contributed by atoms with E-state index in [0.29, 0.717) is 0 Å². The quantitative estimate of drug-likeness (QED) is 0.114. The fourth-order valence-electron chi connectivity index (χ4n) is 5.26. The van der Waals surface area contributed by atoms with E-state index >= 15 is 0 Å². The molecule has 9 rings (SSSR count). The summed E-state index contributed by atoms with van der Waals surface area (Å²) in [6.07, 6.45) is 15.3. The molecule has 6 heterocycles. The second kappa shape index (κ2) is 25.0. The first-order valence-corrected chi connectivity index (χ1v) is 20.4. The van der Waals surface area contributed by atoms with Gasteiger partial charge in [-0.1, -0.05) is 48.5 Å². The molecule has 0 saturated heterocycles. The predicted octanol–water partition coefficient (Wildman–Crippen LogP) is 2.04. The summed E-state index contributed by atoms with van der Waals surface area (Å²) in [6.45, 7) is 1.95. The molecule has 1 aliphatic heterocycles. The second-order valence-electron chi connectivity index (χ2n) is 10.7. The van der Waals surface area contributed by atoms with E-state index in [-0.39, 0.29) is 66.5 Å². The normalized spacial score (nSPS) is 10.6. The molecule has 13 nitrogen and oxygen atoms in total. The van der Waals surface area contributed by atoms with Crippen molar-refractivity contribution in [2.45, 2.75) is 0 Å². The van der Waals surface area contributed by atoms with Gasteiger partial charge in [-0.05, 0) is 19.2 Å². The van der Waals surface area contributed by atoms with Crippen molar-refractivity contribution >= 4 is 58.9 Å². The molecule has 1 aliphatic rings. The van der Waals surface area contributed by atoms with E-state index in [1.54, 1.807) is 58.2 Å².